The zero-order valence-corrected chi connectivity index (χ0v) is 15.9. The second-order valence-electron chi connectivity index (χ2n) is 6.64. The highest BCUT2D eigenvalue weighted by Gasteiger charge is 2.26. The third-order valence-corrected chi connectivity index (χ3v) is 5.80. The largest absolute Gasteiger partial charge is 0.383 e. The lowest BCUT2D eigenvalue weighted by Gasteiger charge is -2.32. The Labute approximate surface area is 158 Å². The average molecular weight is 369 g/mol. The van der Waals surface area contributed by atoms with Crippen LogP contribution in [-0.2, 0) is 11.3 Å². The lowest BCUT2D eigenvalue weighted by molar-refractivity contribution is 0.185. The number of thiazole rings is 1. The Bertz CT molecular complexity index is 829. The van der Waals surface area contributed by atoms with Gasteiger partial charge in [-0.1, -0.05) is 30.3 Å². The van der Waals surface area contributed by atoms with Crippen molar-refractivity contribution in [3.8, 4) is 11.3 Å². The normalized spacial score (nSPS) is 17.6. The van der Waals surface area contributed by atoms with Crippen molar-refractivity contribution in [1.29, 1.82) is 0 Å². The van der Waals surface area contributed by atoms with E-state index in [-0.39, 0.29) is 0 Å². The van der Waals surface area contributed by atoms with Crippen molar-refractivity contribution >= 4 is 16.5 Å². The summed E-state index contributed by atoms with van der Waals surface area (Å²) in [5.41, 5.74) is 2.24. The number of anilines is 1. The van der Waals surface area contributed by atoms with Gasteiger partial charge in [0.2, 0.25) is 0 Å². The van der Waals surface area contributed by atoms with E-state index in [2.05, 4.69) is 50.3 Å². The Morgan fingerprint density at radius 3 is 3.00 bits per heavy atom. The molecule has 1 atom stereocenters. The van der Waals surface area contributed by atoms with Crippen molar-refractivity contribution in [3.05, 3.63) is 53.9 Å². The third-order valence-electron chi connectivity index (χ3n) is 4.90. The second kappa shape index (κ2) is 8.01. The van der Waals surface area contributed by atoms with Gasteiger partial charge >= 0.3 is 0 Å². The van der Waals surface area contributed by atoms with Crippen molar-refractivity contribution < 1.29 is 4.74 Å². The van der Waals surface area contributed by atoms with Crippen molar-refractivity contribution in [2.75, 3.05) is 31.7 Å². The monoisotopic (exact) mass is 368 g/mol. The van der Waals surface area contributed by atoms with Gasteiger partial charge in [0.25, 0.3) is 0 Å². The number of hydrogen-bond donors (Lipinski definition) is 0. The molecule has 5 nitrogen and oxygen atoms in total. The van der Waals surface area contributed by atoms with Gasteiger partial charge in [0.1, 0.15) is 5.82 Å². The van der Waals surface area contributed by atoms with Gasteiger partial charge in [0.05, 0.1) is 12.3 Å². The molecule has 3 heterocycles. The number of imidazole rings is 1. The van der Waals surface area contributed by atoms with Crippen LogP contribution in [-0.4, -0.2) is 41.3 Å². The first kappa shape index (κ1) is 17.2. The highest BCUT2D eigenvalue weighted by Crippen LogP contribution is 2.33. The molecule has 1 saturated heterocycles. The number of benzene rings is 1. The molecule has 0 saturated carbocycles. The first-order chi connectivity index (χ1) is 12.8. The van der Waals surface area contributed by atoms with Crippen molar-refractivity contribution in [3.63, 3.8) is 0 Å². The predicted octanol–water partition coefficient (Wildman–Crippen LogP) is 4.04. The summed E-state index contributed by atoms with van der Waals surface area (Å²) in [7, 11) is 1.74. The van der Waals surface area contributed by atoms with Crippen LogP contribution in [0.3, 0.4) is 0 Å². The van der Waals surface area contributed by atoms with E-state index in [0.717, 1.165) is 30.5 Å². The maximum absolute atomic E-state index is 5.23. The Hall–Kier alpha value is -2.18. The minimum atomic E-state index is 0.444. The smallest absolute Gasteiger partial charge is 0.185 e. The summed E-state index contributed by atoms with van der Waals surface area (Å²) in [5, 5.41) is 3.27. The molecular weight excluding hydrogens is 344 g/mol. The zero-order valence-electron chi connectivity index (χ0n) is 15.0. The molecule has 1 aliphatic heterocycles. The summed E-state index contributed by atoms with van der Waals surface area (Å²) in [4.78, 5) is 11.9. The molecule has 0 bridgehead atoms. The summed E-state index contributed by atoms with van der Waals surface area (Å²) in [6.45, 7) is 3.62. The molecular formula is C20H24N4OS. The summed E-state index contributed by atoms with van der Waals surface area (Å²) in [5.74, 6) is 1.62. The molecule has 3 aromatic rings. The maximum Gasteiger partial charge on any atom is 0.185 e. The minimum absolute atomic E-state index is 0.444. The van der Waals surface area contributed by atoms with Gasteiger partial charge in [0.15, 0.2) is 5.13 Å². The van der Waals surface area contributed by atoms with Gasteiger partial charge in [-0.2, -0.15) is 0 Å². The topological polar surface area (TPSA) is 43.2 Å². The Morgan fingerprint density at radius 2 is 2.15 bits per heavy atom. The van der Waals surface area contributed by atoms with Crippen LogP contribution < -0.4 is 4.90 Å². The van der Waals surface area contributed by atoms with Crippen LogP contribution in [0.5, 0.6) is 0 Å². The van der Waals surface area contributed by atoms with Gasteiger partial charge in [-0.15, -0.1) is 11.3 Å². The van der Waals surface area contributed by atoms with Crippen molar-refractivity contribution in [2.24, 2.45) is 0 Å². The number of aromatic nitrogens is 3. The van der Waals surface area contributed by atoms with Crippen LogP contribution in [0.15, 0.2) is 48.1 Å². The van der Waals surface area contributed by atoms with E-state index in [9.17, 15) is 0 Å². The van der Waals surface area contributed by atoms with E-state index in [1.165, 1.54) is 24.2 Å². The summed E-state index contributed by atoms with van der Waals surface area (Å²) >= 11 is 1.74. The summed E-state index contributed by atoms with van der Waals surface area (Å²) < 4.78 is 7.46. The van der Waals surface area contributed by atoms with E-state index >= 15 is 0 Å². The average Bonchev–Trinajstić information content (AvgIpc) is 3.37. The summed E-state index contributed by atoms with van der Waals surface area (Å²) in [6.07, 6.45) is 6.31. The molecule has 0 N–H and O–H groups in total. The Kier molecular flexibility index (Phi) is 5.32. The molecule has 4 rings (SSSR count). The highest BCUT2D eigenvalue weighted by atomic mass is 32.1. The van der Waals surface area contributed by atoms with Crippen LogP contribution in [0.4, 0.5) is 5.13 Å². The van der Waals surface area contributed by atoms with Crippen LogP contribution >= 0.6 is 11.3 Å². The Balaban J connectivity index is 1.49. The van der Waals surface area contributed by atoms with Crippen LogP contribution in [0, 0.1) is 0 Å². The molecule has 2 aromatic heterocycles. The SMILES string of the molecule is COCCn1ccnc1C1CCCN(c2nc(-c3ccccc3)cs2)C1. The second-order valence-corrected chi connectivity index (χ2v) is 7.47. The molecule has 26 heavy (non-hydrogen) atoms. The Morgan fingerprint density at radius 1 is 1.27 bits per heavy atom. The molecule has 136 valence electrons. The standard InChI is InChI=1S/C20H24N4OS/c1-25-13-12-23-11-9-21-19(23)17-8-5-10-24(14-17)20-22-18(15-26-20)16-6-3-2-4-7-16/h2-4,6-7,9,11,15,17H,5,8,10,12-14H2,1H3. The third kappa shape index (κ3) is 3.66. The molecule has 0 amide bonds. The first-order valence-corrected chi connectivity index (χ1v) is 9.99. The molecule has 1 fully saturated rings. The number of hydrogen-bond acceptors (Lipinski definition) is 5. The maximum atomic E-state index is 5.23. The molecule has 1 unspecified atom stereocenters. The fourth-order valence-electron chi connectivity index (χ4n) is 3.57. The molecule has 0 aliphatic carbocycles. The van der Waals surface area contributed by atoms with E-state index in [1.807, 2.05) is 12.3 Å². The van der Waals surface area contributed by atoms with Crippen LogP contribution in [0.1, 0.15) is 24.6 Å². The number of ether oxygens (including phenoxy) is 1. The fourth-order valence-corrected chi connectivity index (χ4v) is 4.44. The minimum Gasteiger partial charge on any atom is -0.383 e. The fraction of sp³-hybridized carbons (Fsp3) is 0.400. The van der Waals surface area contributed by atoms with Gasteiger partial charge in [0, 0.05) is 56.0 Å². The lowest BCUT2D eigenvalue weighted by atomic mass is 9.97. The number of rotatable bonds is 6. The number of nitrogens with zero attached hydrogens (tertiary/aromatic N) is 4. The molecule has 6 heteroatoms. The van der Waals surface area contributed by atoms with Crippen molar-refractivity contribution in [1.82, 2.24) is 14.5 Å². The van der Waals surface area contributed by atoms with E-state index in [4.69, 9.17) is 9.72 Å². The lowest BCUT2D eigenvalue weighted by Crippen LogP contribution is -2.35. The van der Waals surface area contributed by atoms with E-state index < -0.39 is 0 Å². The van der Waals surface area contributed by atoms with Gasteiger partial charge in [-0.3, -0.25) is 0 Å². The molecule has 0 radical (unpaired) electrons. The zero-order chi connectivity index (χ0) is 17.8. The predicted molar refractivity (Wildman–Crippen MR) is 106 cm³/mol. The van der Waals surface area contributed by atoms with Gasteiger partial charge in [-0.25, -0.2) is 9.97 Å². The van der Waals surface area contributed by atoms with Crippen LogP contribution in [0.2, 0.25) is 0 Å². The van der Waals surface area contributed by atoms with Crippen LogP contribution in [0.25, 0.3) is 11.3 Å². The highest BCUT2D eigenvalue weighted by molar-refractivity contribution is 7.14. The van der Waals surface area contributed by atoms with E-state index in [0.29, 0.717) is 12.5 Å². The van der Waals surface area contributed by atoms with E-state index in [1.54, 1.807) is 18.4 Å². The number of piperidine rings is 1. The molecule has 1 aliphatic rings. The first-order valence-electron chi connectivity index (χ1n) is 9.11. The number of methoxy groups -OCH3 is 1. The molecule has 1 aromatic carbocycles. The quantitative estimate of drug-likeness (QED) is 0.659. The van der Waals surface area contributed by atoms with Gasteiger partial charge < -0.3 is 14.2 Å². The van der Waals surface area contributed by atoms with Crippen molar-refractivity contribution in [2.45, 2.75) is 25.3 Å². The summed E-state index contributed by atoms with van der Waals surface area (Å²) in [6, 6.07) is 10.4. The molecule has 0 spiro atoms. The van der Waals surface area contributed by atoms with Gasteiger partial charge in [-0.05, 0) is 12.8 Å².